The highest BCUT2D eigenvalue weighted by Gasteiger charge is 2.06. The van der Waals surface area contributed by atoms with Crippen molar-refractivity contribution in [1.82, 2.24) is 4.98 Å². The van der Waals surface area contributed by atoms with Gasteiger partial charge in [-0.1, -0.05) is 17.7 Å². The van der Waals surface area contributed by atoms with Gasteiger partial charge in [0.25, 0.3) is 0 Å². The minimum atomic E-state index is 0.651. The van der Waals surface area contributed by atoms with Gasteiger partial charge in [0.05, 0.1) is 16.4 Å². The second-order valence-corrected chi connectivity index (χ2v) is 5.64. The van der Waals surface area contributed by atoms with Crippen LogP contribution >= 0.6 is 27.5 Å². The molecule has 0 saturated carbocycles. The lowest BCUT2D eigenvalue weighted by atomic mass is 10.1. The number of nitrogens with one attached hydrogen (secondary N) is 1. The van der Waals surface area contributed by atoms with Crippen LogP contribution in [0.4, 0.5) is 17.1 Å². The zero-order valence-corrected chi connectivity index (χ0v) is 12.7. The second kappa shape index (κ2) is 5.31. The number of nitrogens with zero attached hydrogens (tertiary/aromatic N) is 1. The van der Waals surface area contributed by atoms with Gasteiger partial charge in [0, 0.05) is 33.3 Å². The Morgan fingerprint density at radius 2 is 2.00 bits per heavy atom. The van der Waals surface area contributed by atoms with Gasteiger partial charge in [-0.15, -0.1) is 0 Å². The molecule has 0 amide bonds. The molecule has 0 aliphatic carbocycles. The number of nitrogen functional groups attached to an aromatic ring is 1. The molecule has 3 aromatic rings. The zero-order valence-electron chi connectivity index (χ0n) is 10.4. The van der Waals surface area contributed by atoms with E-state index in [0.717, 1.165) is 26.6 Å². The Kier molecular flexibility index (Phi) is 3.51. The fourth-order valence-corrected chi connectivity index (χ4v) is 2.46. The van der Waals surface area contributed by atoms with Gasteiger partial charge in [-0.2, -0.15) is 0 Å². The number of hydrogen-bond donors (Lipinski definition) is 2. The van der Waals surface area contributed by atoms with E-state index < -0.39 is 0 Å². The molecule has 0 fully saturated rings. The molecular formula is C15H11BrClN3. The van der Waals surface area contributed by atoms with Gasteiger partial charge < -0.3 is 11.1 Å². The monoisotopic (exact) mass is 347 g/mol. The van der Waals surface area contributed by atoms with Crippen molar-refractivity contribution in [3.05, 3.63) is 58.3 Å². The summed E-state index contributed by atoms with van der Waals surface area (Å²) in [4.78, 5) is 4.09. The van der Waals surface area contributed by atoms with Crippen molar-refractivity contribution < 1.29 is 0 Å². The number of anilines is 3. The van der Waals surface area contributed by atoms with E-state index in [1.807, 2.05) is 36.4 Å². The summed E-state index contributed by atoms with van der Waals surface area (Å²) in [6.07, 6.45) is 3.53. The van der Waals surface area contributed by atoms with Crippen LogP contribution in [0.3, 0.4) is 0 Å². The smallest absolute Gasteiger partial charge is 0.0634 e. The average molecular weight is 349 g/mol. The first-order valence-electron chi connectivity index (χ1n) is 5.99. The van der Waals surface area contributed by atoms with Crippen molar-refractivity contribution in [2.24, 2.45) is 0 Å². The standard InChI is InChI=1S/C15H11BrClN3/c16-12-3-2-10(7-13(12)17)20-14-4-1-9-8-19-6-5-11(9)15(14)18/h1-8,20H,18H2. The lowest BCUT2D eigenvalue weighted by Crippen LogP contribution is -1.97. The molecule has 0 spiro atoms. The van der Waals surface area contributed by atoms with Gasteiger partial charge in [0.1, 0.15) is 0 Å². The lowest BCUT2D eigenvalue weighted by molar-refractivity contribution is 1.36. The summed E-state index contributed by atoms with van der Waals surface area (Å²) in [5.74, 6) is 0. The molecule has 0 atom stereocenters. The minimum absolute atomic E-state index is 0.651. The van der Waals surface area contributed by atoms with Crippen LogP contribution in [0, 0.1) is 0 Å². The summed E-state index contributed by atoms with van der Waals surface area (Å²) in [7, 11) is 0. The van der Waals surface area contributed by atoms with Crippen molar-refractivity contribution >= 4 is 55.4 Å². The van der Waals surface area contributed by atoms with Gasteiger partial charge in [0.2, 0.25) is 0 Å². The van der Waals surface area contributed by atoms with E-state index in [2.05, 4.69) is 26.2 Å². The maximum atomic E-state index is 6.20. The van der Waals surface area contributed by atoms with Crippen molar-refractivity contribution in [3.8, 4) is 0 Å². The van der Waals surface area contributed by atoms with E-state index in [1.54, 1.807) is 12.4 Å². The van der Waals surface area contributed by atoms with E-state index in [9.17, 15) is 0 Å². The van der Waals surface area contributed by atoms with Gasteiger partial charge >= 0.3 is 0 Å². The van der Waals surface area contributed by atoms with E-state index in [-0.39, 0.29) is 0 Å². The highest BCUT2D eigenvalue weighted by molar-refractivity contribution is 9.10. The summed E-state index contributed by atoms with van der Waals surface area (Å²) >= 11 is 9.46. The van der Waals surface area contributed by atoms with Crippen LogP contribution in [0.2, 0.25) is 5.02 Å². The predicted molar refractivity (Wildman–Crippen MR) is 88.6 cm³/mol. The molecule has 3 rings (SSSR count). The molecule has 20 heavy (non-hydrogen) atoms. The molecule has 0 aliphatic heterocycles. The molecule has 0 radical (unpaired) electrons. The number of benzene rings is 2. The third-order valence-corrected chi connectivity index (χ3v) is 4.29. The highest BCUT2D eigenvalue weighted by atomic mass is 79.9. The van der Waals surface area contributed by atoms with Gasteiger partial charge in [-0.3, -0.25) is 4.98 Å². The largest absolute Gasteiger partial charge is 0.397 e. The Morgan fingerprint density at radius 1 is 1.15 bits per heavy atom. The van der Waals surface area contributed by atoms with Crippen molar-refractivity contribution in [1.29, 1.82) is 0 Å². The van der Waals surface area contributed by atoms with Gasteiger partial charge in [-0.25, -0.2) is 0 Å². The molecule has 2 aromatic carbocycles. The van der Waals surface area contributed by atoms with Crippen LogP contribution in [0.5, 0.6) is 0 Å². The average Bonchev–Trinajstić information content (AvgIpc) is 2.46. The van der Waals surface area contributed by atoms with E-state index in [4.69, 9.17) is 17.3 Å². The number of nitrogens with two attached hydrogens (primary N) is 1. The van der Waals surface area contributed by atoms with Crippen molar-refractivity contribution in [2.75, 3.05) is 11.1 Å². The topological polar surface area (TPSA) is 50.9 Å². The second-order valence-electron chi connectivity index (χ2n) is 4.38. The number of fused-ring (bicyclic) bond motifs is 1. The Bertz CT molecular complexity index is 789. The number of rotatable bonds is 2. The Balaban J connectivity index is 2.02. The molecule has 0 aliphatic rings. The molecule has 0 bridgehead atoms. The molecule has 0 saturated heterocycles. The molecule has 5 heteroatoms. The predicted octanol–water partition coefficient (Wildman–Crippen LogP) is 4.98. The third-order valence-electron chi connectivity index (χ3n) is 3.06. The van der Waals surface area contributed by atoms with Gasteiger partial charge in [0.15, 0.2) is 0 Å². The number of pyridine rings is 1. The molecule has 1 aromatic heterocycles. The van der Waals surface area contributed by atoms with Crippen LogP contribution in [-0.2, 0) is 0 Å². The summed E-state index contributed by atoms with van der Waals surface area (Å²) in [6, 6.07) is 11.5. The summed E-state index contributed by atoms with van der Waals surface area (Å²) in [5, 5.41) is 5.93. The summed E-state index contributed by atoms with van der Waals surface area (Å²) in [6.45, 7) is 0. The fourth-order valence-electron chi connectivity index (χ4n) is 2.03. The van der Waals surface area contributed by atoms with E-state index in [0.29, 0.717) is 10.7 Å². The first-order valence-corrected chi connectivity index (χ1v) is 7.16. The quantitative estimate of drug-likeness (QED) is 0.642. The van der Waals surface area contributed by atoms with Gasteiger partial charge in [-0.05, 0) is 46.3 Å². The first-order chi connectivity index (χ1) is 9.65. The zero-order chi connectivity index (χ0) is 14.1. The van der Waals surface area contributed by atoms with Crippen molar-refractivity contribution in [2.45, 2.75) is 0 Å². The molecule has 100 valence electrons. The first kappa shape index (κ1) is 13.2. The van der Waals surface area contributed by atoms with Crippen LogP contribution in [-0.4, -0.2) is 4.98 Å². The molecule has 3 nitrogen and oxygen atoms in total. The normalized spacial score (nSPS) is 10.7. The minimum Gasteiger partial charge on any atom is -0.397 e. The highest BCUT2D eigenvalue weighted by Crippen LogP contribution is 2.32. The Labute approximate surface area is 129 Å². The Morgan fingerprint density at radius 3 is 2.80 bits per heavy atom. The van der Waals surface area contributed by atoms with E-state index in [1.165, 1.54) is 0 Å². The van der Waals surface area contributed by atoms with Crippen LogP contribution in [0.15, 0.2) is 53.3 Å². The molecular weight excluding hydrogens is 338 g/mol. The maximum absolute atomic E-state index is 6.20. The number of hydrogen-bond acceptors (Lipinski definition) is 3. The Hall–Kier alpha value is -1.78. The number of aromatic nitrogens is 1. The van der Waals surface area contributed by atoms with Crippen LogP contribution in [0.25, 0.3) is 10.8 Å². The van der Waals surface area contributed by atoms with E-state index >= 15 is 0 Å². The fraction of sp³-hybridized carbons (Fsp3) is 0. The number of halogens is 2. The maximum Gasteiger partial charge on any atom is 0.0634 e. The third kappa shape index (κ3) is 2.44. The van der Waals surface area contributed by atoms with Crippen molar-refractivity contribution in [3.63, 3.8) is 0 Å². The van der Waals surface area contributed by atoms with Crippen LogP contribution in [0.1, 0.15) is 0 Å². The summed E-state index contributed by atoms with van der Waals surface area (Å²) in [5.41, 5.74) is 8.64. The SMILES string of the molecule is Nc1c(Nc2ccc(Br)c(Cl)c2)ccc2cnccc12. The summed E-state index contributed by atoms with van der Waals surface area (Å²) < 4.78 is 0.863. The molecule has 0 unspecified atom stereocenters. The lowest BCUT2D eigenvalue weighted by Gasteiger charge is -2.12. The molecule has 1 heterocycles. The van der Waals surface area contributed by atoms with Crippen LogP contribution < -0.4 is 11.1 Å². The molecule has 3 N–H and O–H groups in total.